The average Bonchev–Trinajstić information content (AvgIpc) is 2.30. The number of ether oxygens (including phenoxy) is 1. The average molecular weight is 275 g/mol. The summed E-state index contributed by atoms with van der Waals surface area (Å²) in [4.78, 5) is 0. The summed E-state index contributed by atoms with van der Waals surface area (Å²) in [5.41, 5.74) is 0.751. The van der Waals surface area contributed by atoms with Crippen molar-refractivity contribution in [2.24, 2.45) is 0 Å². The second kappa shape index (κ2) is 7.85. The molecule has 4 heteroatoms. The van der Waals surface area contributed by atoms with Crippen molar-refractivity contribution in [1.29, 1.82) is 0 Å². The van der Waals surface area contributed by atoms with E-state index < -0.39 is 6.10 Å². The quantitative estimate of drug-likeness (QED) is 0.765. The van der Waals surface area contributed by atoms with Gasteiger partial charge in [-0.2, -0.15) is 11.8 Å². The summed E-state index contributed by atoms with van der Waals surface area (Å²) in [5, 5.41) is 10.2. The summed E-state index contributed by atoms with van der Waals surface area (Å²) in [6.45, 7) is 4.54. The number of hydrogen-bond donors (Lipinski definition) is 1. The molecular weight excluding hydrogens is 256 g/mol. The molecule has 0 saturated heterocycles. The van der Waals surface area contributed by atoms with Gasteiger partial charge in [0.25, 0.3) is 0 Å². The Bertz CT molecular complexity index is 342. The Balaban J connectivity index is 2.52. The van der Waals surface area contributed by atoms with Gasteiger partial charge in [-0.05, 0) is 43.0 Å². The number of hydrogen-bond acceptors (Lipinski definition) is 3. The van der Waals surface area contributed by atoms with E-state index in [0.717, 1.165) is 29.2 Å². The van der Waals surface area contributed by atoms with Crippen LogP contribution in [0.1, 0.15) is 31.9 Å². The molecule has 1 aromatic rings. The van der Waals surface area contributed by atoms with Crippen LogP contribution < -0.4 is 4.74 Å². The van der Waals surface area contributed by atoms with E-state index in [1.165, 1.54) is 0 Å². The van der Waals surface area contributed by atoms with Crippen molar-refractivity contribution in [3.8, 4) is 5.75 Å². The first-order valence-corrected chi connectivity index (χ1v) is 7.36. The molecule has 0 aliphatic rings. The van der Waals surface area contributed by atoms with Gasteiger partial charge >= 0.3 is 0 Å². The van der Waals surface area contributed by atoms with Crippen molar-refractivity contribution in [1.82, 2.24) is 0 Å². The highest BCUT2D eigenvalue weighted by Gasteiger charge is 2.09. The molecule has 2 nitrogen and oxygen atoms in total. The van der Waals surface area contributed by atoms with Crippen LogP contribution in [-0.4, -0.2) is 23.2 Å². The molecule has 0 amide bonds. The second-order valence-corrected chi connectivity index (χ2v) is 5.59. The van der Waals surface area contributed by atoms with E-state index in [1.807, 2.05) is 17.8 Å². The van der Waals surface area contributed by atoms with E-state index >= 15 is 0 Å². The van der Waals surface area contributed by atoms with Crippen LogP contribution in [0.15, 0.2) is 18.2 Å². The fourth-order valence-corrected chi connectivity index (χ4v) is 2.26. The highest BCUT2D eigenvalue weighted by Crippen LogP contribution is 2.28. The minimum atomic E-state index is -0.561. The molecular formula is C13H19ClO2S. The molecule has 0 spiro atoms. The third kappa shape index (κ3) is 5.19. The summed E-state index contributed by atoms with van der Waals surface area (Å²) in [7, 11) is 0. The predicted molar refractivity (Wildman–Crippen MR) is 75.2 cm³/mol. The molecule has 96 valence electrons. The molecule has 0 aliphatic heterocycles. The molecule has 17 heavy (non-hydrogen) atoms. The predicted octanol–water partition coefficient (Wildman–Crippen LogP) is 3.92. The van der Waals surface area contributed by atoms with Crippen LogP contribution in [-0.2, 0) is 0 Å². The minimum absolute atomic E-state index is 0.561. The lowest BCUT2D eigenvalue weighted by atomic mass is 10.1. The van der Waals surface area contributed by atoms with E-state index in [-0.39, 0.29) is 0 Å². The van der Waals surface area contributed by atoms with Crippen molar-refractivity contribution >= 4 is 23.4 Å². The van der Waals surface area contributed by atoms with Gasteiger partial charge in [0, 0.05) is 10.6 Å². The number of rotatable bonds is 7. The zero-order valence-electron chi connectivity index (χ0n) is 10.3. The molecule has 0 saturated carbocycles. The van der Waals surface area contributed by atoms with Gasteiger partial charge in [0.05, 0.1) is 12.7 Å². The standard InChI is InChI=1S/C13H19ClO2S/c1-3-17-8-4-7-16-13-6-5-11(14)9-12(13)10(2)15/h5-6,9-10,15H,3-4,7-8H2,1-2H3/t10-/m0/s1. The molecule has 0 fully saturated rings. The van der Waals surface area contributed by atoms with Crippen molar-refractivity contribution < 1.29 is 9.84 Å². The maximum Gasteiger partial charge on any atom is 0.125 e. The van der Waals surface area contributed by atoms with Crippen LogP contribution in [0.5, 0.6) is 5.75 Å². The van der Waals surface area contributed by atoms with Gasteiger partial charge in [-0.3, -0.25) is 0 Å². The van der Waals surface area contributed by atoms with Gasteiger partial charge < -0.3 is 9.84 Å². The van der Waals surface area contributed by atoms with Gasteiger partial charge in [-0.25, -0.2) is 0 Å². The SMILES string of the molecule is CCSCCCOc1ccc(Cl)cc1[C@H](C)O. The topological polar surface area (TPSA) is 29.5 Å². The monoisotopic (exact) mass is 274 g/mol. The van der Waals surface area contributed by atoms with Crippen LogP contribution in [0, 0.1) is 0 Å². The number of halogens is 1. The van der Waals surface area contributed by atoms with Crippen LogP contribution in [0.25, 0.3) is 0 Å². The molecule has 1 aromatic carbocycles. The van der Waals surface area contributed by atoms with E-state index in [2.05, 4.69) is 6.92 Å². The normalized spacial score (nSPS) is 12.5. The molecule has 1 N–H and O–H groups in total. The Morgan fingerprint density at radius 1 is 1.47 bits per heavy atom. The van der Waals surface area contributed by atoms with Gasteiger partial charge in [0.15, 0.2) is 0 Å². The molecule has 0 heterocycles. The van der Waals surface area contributed by atoms with Gasteiger partial charge in [0.2, 0.25) is 0 Å². The Morgan fingerprint density at radius 3 is 2.88 bits per heavy atom. The lowest BCUT2D eigenvalue weighted by Gasteiger charge is -2.13. The summed E-state index contributed by atoms with van der Waals surface area (Å²) in [6.07, 6.45) is 0.453. The molecule has 0 aromatic heterocycles. The zero-order valence-corrected chi connectivity index (χ0v) is 11.9. The largest absolute Gasteiger partial charge is 0.493 e. The molecule has 0 radical (unpaired) electrons. The Labute approximate surface area is 112 Å². The summed E-state index contributed by atoms with van der Waals surface area (Å²) < 4.78 is 5.67. The Kier molecular flexibility index (Phi) is 6.78. The maximum atomic E-state index is 9.63. The smallest absolute Gasteiger partial charge is 0.125 e. The number of benzene rings is 1. The van der Waals surface area contributed by atoms with Crippen LogP contribution >= 0.6 is 23.4 Å². The minimum Gasteiger partial charge on any atom is -0.493 e. The number of aliphatic hydroxyl groups excluding tert-OH is 1. The van der Waals surface area contributed by atoms with E-state index in [4.69, 9.17) is 16.3 Å². The lowest BCUT2D eigenvalue weighted by Crippen LogP contribution is -2.03. The highest BCUT2D eigenvalue weighted by atomic mass is 35.5. The highest BCUT2D eigenvalue weighted by molar-refractivity contribution is 7.99. The first kappa shape index (κ1) is 14.7. The number of thioether (sulfide) groups is 1. The van der Waals surface area contributed by atoms with Crippen LogP contribution in [0.3, 0.4) is 0 Å². The molecule has 0 unspecified atom stereocenters. The van der Waals surface area contributed by atoms with Crippen molar-refractivity contribution in [2.75, 3.05) is 18.1 Å². The second-order valence-electron chi connectivity index (χ2n) is 3.76. The fraction of sp³-hybridized carbons (Fsp3) is 0.538. The summed E-state index contributed by atoms with van der Waals surface area (Å²) in [6, 6.07) is 5.35. The van der Waals surface area contributed by atoms with Crippen LogP contribution in [0.2, 0.25) is 5.02 Å². The maximum absolute atomic E-state index is 9.63. The van der Waals surface area contributed by atoms with Crippen molar-refractivity contribution in [3.63, 3.8) is 0 Å². The van der Waals surface area contributed by atoms with E-state index in [0.29, 0.717) is 11.6 Å². The first-order valence-electron chi connectivity index (χ1n) is 5.83. The summed E-state index contributed by atoms with van der Waals surface area (Å²) in [5.74, 6) is 2.97. The van der Waals surface area contributed by atoms with Crippen LogP contribution in [0.4, 0.5) is 0 Å². The Hall–Kier alpha value is -0.380. The molecule has 0 bridgehead atoms. The molecule has 1 atom stereocenters. The third-order valence-electron chi connectivity index (χ3n) is 2.32. The molecule has 0 aliphatic carbocycles. The molecule has 1 rings (SSSR count). The van der Waals surface area contributed by atoms with Crippen molar-refractivity contribution in [3.05, 3.63) is 28.8 Å². The lowest BCUT2D eigenvalue weighted by molar-refractivity contribution is 0.191. The van der Waals surface area contributed by atoms with Gasteiger partial charge in [-0.15, -0.1) is 0 Å². The first-order chi connectivity index (χ1) is 8.15. The third-order valence-corrected chi connectivity index (χ3v) is 3.54. The number of aliphatic hydroxyl groups is 1. The Morgan fingerprint density at radius 2 is 2.24 bits per heavy atom. The zero-order chi connectivity index (χ0) is 12.7. The summed E-state index contributed by atoms with van der Waals surface area (Å²) >= 11 is 7.80. The fourth-order valence-electron chi connectivity index (χ4n) is 1.46. The van der Waals surface area contributed by atoms with Gasteiger partial charge in [0.1, 0.15) is 5.75 Å². The van der Waals surface area contributed by atoms with Crippen molar-refractivity contribution in [2.45, 2.75) is 26.4 Å². The van der Waals surface area contributed by atoms with E-state index in [9.17, 15) is 5.11 Å². The van der Waals surface area contributed by atoms with Gasteiger partial charge in [-0.1, -0.05) is 18.5 Å². The van der Waals surface area contributed by atoms with E-state index in [1.54, 1.807) is 19.1 Å².